The second kappa shape index (κ2) is 8.75. The Bertz CT molecular complexity index is 784. The number of nitro groups is 1. The number of quaternary nitrogens is 1. The third-order valence-corrected chi connectivity index (χ3v) is 4.82. The molecule has 142 valence electrons. The molecule has 2 aromatic carbocycles. The molecule has 0 aliphatic carbocycles. The molecule has 0 bridgehead atoms. The first-order valence-electron chi connectivity index (χ1n) is 9.06. The normalized spacial score (nSPS) is 15.9. The van der Waals surface area contributed by atoms with E-state index in [0.29, 0.717) is 5.56 Å². The Morgan fingerprint density at radius 1 is 1.15 bits per heavy atom. The van der Waals surface area contributed by atoms with Crippen LogP contribution >= 0.6 is 0 Å². The zero-order valence-electron chi connectivity index (χ0n) is 15.3. The topological polar surface area (TPSA) is 85.9 Å². The molecular weight excluding hydrogens is 346 g/mol. The Kier molecular flexibility index (Phi) is 6.16. The number of benzene rings is 2. The van der Waals surface area contributed by atoms with Gasteiger partial charge in [-0.05, 0) is 24.6 Å². The molecule has 1 saturated heterocycles. The van der Waals surface area contributed by atoms with Crippen LogP contribution in [0, 0.1) is 17.0 Å². The summed E-state index contributed by atoms with van der Waals surface area (Å²) in [5.74, 6) is -0.233. The highest BCUT2D eigenvalue weighted by atomic mass is 16.6. The predicted molar refractivity (Wildman–Crippen MR) is 101 cm³/mol. The number of hydrogen-bond acceptors (Lipinski definition) is 4. The SMILES string of the molecule is Cc1ccc([C@@H](C[NH+]2CCOCC2)NC(=O)c2ccc([N+](=O)[O-])cc2)cc1. The molecule has 7 heteroatoms. The van der Waals surface area contributed by atoms with Crippen LogP contribution in [-0.2, 0) is 4.74 Å². The number of nitrogens with one attached hydrogen (secondary N) is 2. The number of morpholine rings is 1. The van der Waals surface area contributed by atoms with Crippen LogP contribution in [0.2, 0.25) is 0 Å². The standard InChI is InChI=1S/C20H23N3O4/c1-15-2-4-16(5-3-15)19(14-22-10-12-27-13-11-22)21-20(24)17-6-8-18(9-7-17)23(25)26/h2-9,19H,10-14H2,1H3,(H,21,24)/p+1/t19-/m1/s1. The van der Waals surface area contributed by atoms with Crippen LogP contribution in [0.1, 0.15) is 27.5 Å². The molecule has 1 aliphatic rings. The average Bonchev–Trinajstić information content (AvgIpc) is 2.69. The maximum atomic E-state index is 12.7. The van der Waals surface area contributed by atoms with E-state index in [4.69, 9.17) is 4.74 Å². The van der Waals surface area contributed by atoms with E-state index in [1.807, 2.05) is 31.2 Å². The minimum absolute atomic E-state index is 0.0283. The van der Waals surface area contributed by atoms with E-state index in [-0.39, 0.29) is 17.6 Å². The largest absolute Gasteiger partial charge is 0.370 e. The predicted octanol–water partition coefficient (Wildman–Crippen LogP) is 1.29. The van der Waals surface area contributed by atoms with Crippen molar-refractivity contribution in [3.05, 3.63) is 75.3 Å². The Labute approximate surface area is 158 Å². The first-order valence-corrected chi connectivity index (χ1v) is 9.06. The summed E-state index contributed by atoms with van der Waals surface area (Å²) in [5.41, 5.74) is 2.60. The minimum atomic E-state index is -0.474. The van der Waals surface area contributed by atoms with Crippen LogP contribution in [0.15, 0.2) is 48.5 Å². The van der Waals surface area contributed by atoms with Gasteiger partial charge < -0.3 is 15.0 Å². The van der Waals surface area contributed by atoms with Gasteiger partial charge in [0.05, 0.1) is 18.1 Å². The van der Waals surface area contributed by atoms with E-state index in [2.05, 4.69) is 5.32 Å². The van der Waals surface area contributed by atoms with E-state index in [9.17, 15) is 14.9 Å². The molecule has 7 nitrogen and oxygen atoms in total. The lowest BCUT2D eigenvalue weighted by Crippen LogP contribution is -3.14. The van der Waals surface area contributed by atoms with Crippen molar-refractivity contribution in [3.8, 4) is 0 Å². The lowest BCUT2D eigenvalue weighted by atomic mass is 10.0. The fourth-order valence-electron chi connectivity index (χ4n) is 3.18. The maximum Gasteiger partial charge on any atom is 0.269 e. The van der Waals surface area contributed by atoms with Crippen molar-refractivity contribution >= 4 is 11.6 Å². The molecule has 0 unspecified atom stereocenters. The van der Waals surface area contributed by atoms with Crippen molar-refractivity contribution < 1.29 is 19.4 Å². The second-order valence-corrected chi connectivity index (χ2v) is 6.81. The van der Waals surface area contributed by atoms with Crippen molar-refractivity contribution in [1.82, 2.24) is 5.32 Å². The van der Waals surface area contributed by atoms with E-state index in [0.717, 1.165) is 44.0 Å². The molecule has 2 N–H and O–H groups in total. The molecule has 1 heterocycles. The van der Waals surface area contributed by atoms with Gasteiger partial charge in [-0.2, -0.15) is 0 Å². The molecule has 1 fully saturated rings. The Morgan fingerprint density at radius 2 is 1.78 bits per heavy atom. The number of non-ortho nitro benzene ring substituents is 1. The van der Waals surface area contributed by atoms with Crippen LogP contribution < -0.4 is 10.2 Å². The average molecular weight is 370 g/mol. The Balaban J connectivity index is 1.75. The van der Waals surface area contributed by atoms with Crippen LogP contribution in [0.5, 0.6) is 0 Å². The first kappa shape index (κ1) is 19.0. The summed E-state index contributed by atoms with van der Waals surface area (Å²) in [4.78, 5) is 24.4. The van der Waals surface area contributed by atoms with Gasteiger partial charge >= 0.3 is 0 Å². The monoisotopic (exact) mass is 370 g/mol. The van der Waals surface area contributed by atoms with Crippen molar-refractivity contribution in [1.29, 1.82) is 0 Å². The highest BCUT2D eigenvalue weighted by molar-refractivity contribution is 5.94. The van der Waals surface area contributed by atoms with Gasteiger partial charge in [-0.15, -0.1) is 0 Å². The third-order valence-electron chi connectivity index (χ3n) is 4.82. The van der Waals surface area contributed by atoms with Crippen molar-refractivity contribution in [3.63, 3.8) is 0 Å². The highest BCUT2D eigenvalue weighted by Gasteiger charge is 2.23. The van der Waals surface area contributed by atoms with Crippen molar-refractivity contribution in [2.45, 2.75) is 13.0 Å². The summed E-state index contributed by atoms with van der Waals surface area (Å²) >= 11 is 0. The lowest BCUT2D eigenvalue weighted by Gasteiger charge is -2.28. The number of nitrogens with zero attached hydrogens (tertiary/aromatic N) is 1. The zero-order valence-corrected chi connectivity index (χ0v) is 15.3. The minimum Gasteiger partial charge on any atom is -0.370 e. The molecule has 0 aromatic heterocycles. The Morgan fingerprint density at radius 3 is 2.37 bits per heavy atom. The molecule has 2 aromatic rings. The number of amides is 1. The molecule has 0 spiro atoms. The third kappa shape index (κ3) is 5.12. The lowest BCUT2D eigenvalue weighted by molar-refractivity contribution is -0.909. The summed E-state index contributed by atoms with van der Waals surface area (Å²) < 4.78 is 5.42. The van der Waals surface area contributed by atoms with E-state index in [1.165, 1.54) is 29.2 Å². The molecule has 0 radical (unpaired) electrons. The quantitative estimate of drug-likeness (QED) is 0.593. The summed E-state index contributed by atoms with van der Waals surface area (Å²) in [6.45, 7) is 6.08. The molecule has 1 atom stereocenters. The summed E-state index contributed by atoms with van der Waals surface area (Å²) in [7, 11) is 0. The number of hydrogen-bond donors (Lipinski definition) is 2. The van der Waals surface area contributed by atoms with E-state index in [1.54, 1.807) is 0 Å². The number of nitro benzene ring substituents is 1. The molecule has 3 rings (SSSR count). The van der Waals surface area contributed by atoms with Gasteiger partial charge in [-0.25, -0.2) is 0 Å². The number of aryl methyl sites for hydroxylation is 1. The number of carbonyl (C=O) groups is 1. The van der Waals surface area contributed by atoms with Crippen molar-refractivity contribution in [2.75, 3.05) is 32.8 Å². The van der Waals surface area contributed by atoms with Gasteiger partial charge in [0.2, 0.25) is 0 Å². The van der Waals surface area contributed by atoms with E-state index >= 15 is 0 Å². The smallest absolute Gasteiger partial charge is 0.269 e. The molecule has 1 amide bonds. The zero-order chi connectivity index (χ0) is 19.2. The summed E-state index contributed by atoms with van der Waals surface area (Å²) in [6, 6.07) is 13.7. The molecule has 1 aliphatic heterocycles. The fraction of sp³-hybridized carbons (Fsp3) is 0.350. The van der Waals surface area contributed by atoms with Gasteiger partial charge in [0.25, 0.3) is 11.6 Å². The number of carbonyl (C=O) groups excluding carboxylic acids is 1. The second-order valence-electron chi connectivity index (χ2n) is 6.81. The van der Waals surface area contributed by atoms with Gasteiger partial charge in [0.1, 0.15) is 25.7 Å². The van der Waals surface area contributed by atoms with Crippen LogP contribution in [0.25, 0.3) is 0 Å². The molecule has 27 heavy (non-hydrogen) atoms. The highest BCUT2D eigenvalue weighted by Crippen LogP contribution is 2.16. The van der Waals surface area contributed by atoms with Crippen LogP contribution in [0.3, 0.4) is 0 Å². The summed E-state index contributed by atoms with van der Waals surface area (Å²) in [6.07, 6.45) is 0. The molecular formula is C20H24N3O4+. The number of rotatable bonds is 6. The number of ether oxygens (including phenoxy) is 1. The first-order chi connectivity index (χ1) is 13.0. The van der Waals surface area contributed by atoms with Crippen LogP contribution in [0.4, 0.5) is 5.69 Å². The van der Waals surface area contributed by atoms with Crippen LogP contribution in [-0.4, -0.2) is 43.7 Å². The van der Waals surface area contributed by atoms with Gasteiger partial charge in [0.15, 0.2) is 0 Å². The Hall–Kier alpha value is -2.77. The van der Waals surface area contributed by atoms with Crippen molar-refractivity contribution in [2.24, 2.45) is 0 Å². The van der Waals surface area contributed by atoms with Gasteiger partial charge in [0, 0.05) is 17.7 Å². The van der Waals surface area contributed by atoms with Gasteiger partial charge in [-0.1, -0.05) is 29.8 Å². The summed E-state index contributed by atoms with van der Waals surface area (Å²) in [5, 5.41) is 13.9. The van der Waals surface area contributed by atoms with E-state index < -0.39 is 4.92 Å². The maximum absolute atomic E-state index is 12.7. The molecule has 0 saturated carbocycles. The fourth-order valence-corrected chi connectivity index (χ4v) is 3.18. The van der Waals surface area contributed by atoms with Gasteiger partial charge in [-0.3, -0.25) is 14.9 Å².